The van der Waals surface area contributed by atoms with Gasteiger partial charge in [-0.1, -0.05) is 13.8 Å². The van der Waals surface area contributed by atoms with E-state index in [-0.39, 0.29) is 17.7 Å². The van der Waals surface area contributed by atoms with Gasteiger partial charge in [0.05, 0.1) is 12.2 Å². The highest BCUT2D eigenvalue weighted by molar-refractivity contribution is 6.36. The average molecular weight is 265 g/mol. The van der Waals surface area contributed by atoms with E-state index in [2.05, 4.69) is 4.98 Å². The van der Waals surface area contributed by atoms with Gasteiger partial charge in [0.25, 0.3) is 0 Å². The second kappa shape index (κ2) is 5.65. The van der Waals surface area contributed by atoms with E-state index in [9.17, 15) is 4.39 Å². The van der Waals surface area contributed by atoms with E-state index in [4.69, 9.17) is 19.4 Å². The van der Waals surface area contributed by atoms with Crippen molar-refractivity contribution in [2.75, 3.05) is 13.2 Å². The maximum absolute atomic E-state index is 13.1. The lowest BCUT2D eigenvalue weighted by atomic mass is 9.93. The Morgan fingerprint density at radius 2 is 2.11 bits per heavy atom. The average Bonchev–Trinajstić information content (AvgIpc) is 2.38. The van der Waals surface area contributed by atoms with Gasteiger partial charge < -0.3 is 14.0 Å². The van der Waals surface area contributed by atoms with Crippen LogP contribution in [0, 0.1) is 16.6 Å². The van der Waals surface area contributed by atoms with Gasteiger partial charge in [0, 0.05) is 24.7 Å². The van der Waals surface area contributed by atoms with E-state index in [1.807, 2.05) is 13.8 Å². The summed E-state index contributed by atoms with van der Waals surface area (Å²) in [6.45, 7) is 5.15. The molecule has 0 spiro atoms. The number of benzene rings is 1. The van der Waals surface area contributed by atoms with Gasteiger partial charge >= 0.3 is 13.0 Å². The molecule has 0 saturated carbocycles. The van der Waals surface area contributed by atoms with E-state index >= 15 is 0 Å². The Bertz CT molecular complexity index is 494. The smallest absolute Gasteiger partial charge is 0.385 e. The molecule has 0 N–H and O–H groups in total. The van der Waals surface area contributed by atoms with Crippen LogP contribution in [0.3, 0.4) is 0 Å². The first-order valence-electron chi connectivity index (χ1n) is 5.98. The normalized spacial score (nSPS) is 18.1. The zero-order valence-electron chi connectivity index (χ0n) is 10.9. The lowest BCUT2D eigenvalue weighted by Gasteiger charge is -2.31. The Morgan fingerprint density at radius 1 is 1.42 bits per heavy atom. The van der Waals surface area contributed by atoms with Crippen LogP contribution in [0.25, 0.3) is 4.98 Å². The Morgan fingerprint density at radius 3 is 2.74 bits per heavy atom. The minimum Gasteiger partial charge on any atom is -0.385 e. The molecule has 0 radical (unpaired) electrons. The monoisotopic (exact) mass is 265 g/mol. The molecule has 0 aliphatic carbocycles. The SMILES string of the molecule is CC1(C)COB(OCc2cc(F)ccc2[N+]#N)OC1. The van der Waals surface area contributed by atoms with Crippen LogP contribution in [0.4, 0.5) is 10.1 Å². The third kappa shape index (κ3) is 3.74. The Balaban J connectivity index is 1.93. The molecule has 0 amide bonds. The molecule has 100 valence electrons. The first-order chi connectivity index (χ1) is 9.00. The molecule has 1 heterocycles. The highest BCUT2D eigenvalue weighted by atomic mass is 19.1. The number of hydrogen-bond acceptors (Lipinski definition) is 4. The predicted molar refractivity (Wildman–Crippen MR) is 67.4 cm³/mol. The zero-order chi connectivity index (χ0) is 13.9. The van der Waals surface area contributed by atoms with Gasteiger partial charge in [-0.25, -0.2) is 4.39 Å². The van der Waals surface area contributed by atoms with Gasteiger partial charge in [-0.3, -0.25) is 0 Å². The van der Waals surface area contributed by atoms with Crippen molar-refractivity contribution in [3.63, 3.8) is 0 Å². The fourth-order valence-electron chi connectivity index (χ4n) is 1.70. The molecule has 0 aromatic heterocycles. The summed E-state index contributed by atoms with van der Waals surface area (Å²) >= 11 is 0. The lowest BCUT2D eigenvalue weighted by molar-refractivity contribution is -0.0213. The molecule has 1 aliphatic rings. The predicted octanol–water partition coefficient (Wildman–Crippen LogP) is 2.88. The highest BCUT2D eigenvalue weighted by Gasteiger charge is 2.34. The molecule has 1 aromatic rings. The molecule has 5 nitrogen and oxygen atoms in total. The van der Waals surface area contributed by atoms with Crippen molar-refractivity contribution in [3.8, 4) is 0 Å². The molecule has 0 atom stereocenters. The van der Waals surface area contributed by atoms with Crippen molar-refractivity contribution in [3.05, 3.63) is 34.6 Å². The van der Waals surface area contributed by atoms with Crippen molar-refractivity contribution in [2.24, 2.45) is 5.41 Å². The van der Waals surface area contributed by atoms with E-state index < -0.39 is 13.1 Å². The summed E-state index contributed by atoms with van der Waals surface area (Å²) in [5.74, 6) is -0.419. The van der Waals surface area contributed by atoms with Gasteiger partial charge in [-0.15, -0.1) is 0 Å². The summed E-state index contributed by atoms with van der Waals surface area (Å²) in [4.78, 5) is 3.07. The standard InChI is InChI=1S/C12H15BFN2O3/c1-12(2)7-18-13(19-8-12)17-6-9-5-10(14)3-4-11(9)16-15/h3-5H,6-8H2,1-2H3/q+1. The first-order valence-corrected chi connectivity index (χ1v) is 5.98. The van der Waals surface area contributed by atoms with Crippen LogP contribution in [0.5, 0.6) is 0 Å². The third-order valence-corrected chi connectivity index (χ3v) is 2.74. The maximum atomic E-state index is 13.1. The molecular formula is C12H15BFN2O3+. The molecule has 7 heteroatoms. The molecule has 0 bridgehead atoms. The lowest BCUT2D eigenvalue weighted by Crippen LogP contribution is -2.42. The van der Waals surface area contributed by atoms with Crippen molar-refractivity contribution in [2.45, 2.75) is 20.5 Å². The van der Waals surface area contributed by atoms with Gasteiger partial charge in [-0.05, 0) is 12.1 Å². The molecule has 1 fully saturated rings. The fraction of sp³-hybridized carbons (Fsp3) is 0.500. The van der Waals surface area contributed by atoms with E-state index in [1.165, 1.54) is 18.2 Å². The Labute approximate surface area is 111 Å². The van der Waals surface area contributed by atoms with E-state index in [1.54, 1.807) is 0 Å². The second-order valence-electron chi connectivity index (χ2n) is 5.26. The summed E-state index contributed by atoms with van der Waals surface area (Å²) < 4.78 is 29.3. The van der Waals surface area contributed by atoms with Crippen LogP contribution < -0.4 is 0 Å². The quantitative estimate of drug-likeness (QED) is 0.622. The molecule has 2 rings (SSSR count). The minimum absolute atomic E-state index is 0.0374. The summed E-state index contributed by atoms with van der Waals surface area (Å²) in [5.41, 5.74) is 0.654. The van der Waals surface area contributed by atoms with Crippen LogP contribution in [0.2, 0.25) is 0 Å². The highest BCUT2D eigenvalue weighted by Crippen LogP contribution is 2.24. The molecule has 1 aliphatic heterocycles. The second-order valence-corrected chi connectivity index (χ2v) is 5.26. The molecule has 0 unspecified atom stereocenters. The number of nitrogens with zero attached hydrogens (tertiary/aromatic N) is 2. The minimum atomic E-state index is -0.775. The summed E-state index contributed by atoms with van der Waals surface area (Å²) in [6, 6.07) is 3.84. The Kier molecular flexibility index (Phi) is 4.15. The molecular weight excluding hydrogens is 250 g/mol. The van der Waals surface area contributed by atoms with Crippen molar-refractivity contribution in [1.29, 1.82) is 5.39 Å². The van der Waals surface area contributed by atoms with E-state index in [0.29, 0.717) is 18.8 Å². The van der Waals surface area contributed by atoms with Gasteiger partial charge in [0.2, 0.25) is 5.39 Å². The summed E-state index contributed by atoms with van der Waals surface area (Å²) in [6.07, 6.45) is 0. The van der Waals surface area contributed by atoms with Crippen molar-refractivity contribution in [1.82, 2.24) is 0 Å². The van der Waals surface area contributed by atoms with Crippen molar-refractivity contribution < 1.29 is 18.4 Å². The number of halogens is 1. The third-order valence-electron chi connectivity index (χ3n) is 2.74. The van der Waals surface area contributed by atoms with Crippen LogP contribution in [0.1, 0.15) is 19.4 Å². The largest absolute Gasteiger partial charge is 0.639 e. The fourth-order valence-corrected chi connectivity index (χ4v) is 1.70. The zero-order valence-corrected chi connectivity index (χ0v) is 10.9. The molecule has 19 heavy (non-hydrogen) atoms. The van der Waals surface area contributed by atoms with Crippen LogP contribution in [0.15, 0.2) is 18.2 Å². The van der Waals surface area contributed by atoms with Crippen LogP contribution >= 0.6 is 0 Å². The van der Waals surface area contributed by atoms with Crippen LogP contribution in [-0.2, 0) is 20.6 Å². The first kappa shape index (κ1) is 13.9. The van der Waals surface area contributed by atoms with Crippen molar-refractivity contribution >= 4 is 13.0 Å². The topological polar surface area (TPSA) is 55.8 Å². The number of rotatable bonds is 3. The number of diazo groups is 1. The van der Waals surface area contributed by atoms with E-state index in [0.717, 1.165) is 0 Å². The molecule has 1 aromatic carbocycles. The van der Waals surface area contributed by atoms with Gasteiger partial charge in [-0.2, -0.15) is 0 Å². The van der Waals surface area contributed by atoms with Crippen LogP contribution in [-0.4, -0.2) is 20.5 Å². The number of hydrogen-bond donors (Lipinski definition) is 0. The summed E-state index contributed by atoms with van der Waals surface area (Å²) in [5, 5.41) is 8.80. The van der Waals surface area contributed by atoms with Gasteiger partial charge in [0.1, 0.15) is 5.82 Å². The summed E-state index contributed by atoms with van der Waals surface area (Å²) in [7, 11) is -0.775. The van der Waals surface area contributed by atoms with Gasteiger partial charge in [0.15, 0.2) is 4.98 Å². The molecule has 1 saturated heterocycles. The maximum Gasteiger partial charge on any atom is 0.639 e. The Hall–Kier alpha value is -1.49.